The highest BCUT2D eigenvalue weighted by Gasteiger charge is 2.22. The fourth-order valence-electron chi connectivity index (χ4n) is 2.48. The van der Waals surface area contributed by atoms with Crippen LogP contribution in [-0.4, -0.2) is 15.7 Å². The topological polar surface area (TPSA) is 46.9 Å². The number of rotatable bonds is 7. The Morgan fingerprint density at radius 1 is 1.07 bits per heavy atom. The standard InChI is InChI=1S/C19H14ClF4N3OS/c20-11-5-7-12(8-6-11)29-16-4-2-1-3-13(16)25-17(28)10-27-15(19(23)24)9-14(26-27)18(21)22/h1-9,18-19H,10H2,(H,25,28). The number of anilines is 1. The average Bonchev–Trinajstić information content (AvgIpc) is 3.09. The highest BCUT2D eigenvalue weighted by Crippen LogP contribution is 2.34. The summed E-state index contributed by atoms with van der Waals surface area (Å²) < 4.78 is 52.2. The summed E-state index contributed by atoms with van der Waals surface area (Å²) in [6.07, 6.45) is -6.04. The monoisotopic (exact) mass is 443 g/mol. The van der Waals surface area contributed by atoms with Crippen LogP contribution in [0.5, 0.6) is 0 Å². The molecule has 152 valence electrons. The zero-order valence-electron chi connectivity index (χ0n) is 14.7. The van der Waals surface area contributed by atoms with E-state index < -0.39 is 36.7 Å². The third-order valence-electron chi connectivity index (χ3n) is 3.77. The van der Waals surface area contributed by atoms with Gasteiger partial charge in [-0.3, -0.25) is 9.48 Å². The van der Waals surface area contributed by atoms with Crippen molar-refractivity contribution in [1.29, 1.82) is 0 Å². The summed E-state index contributed by atoms with van der Waals surface area (Å²) in [7, 11) is 0. The Morgan fingerprint density at radius 2 is 1.76 bits per heavy atom. The molecule has 0 atom stereocenters. The first-order chi connectivity index (χ1) is 13.8. The van der Waals surface area contributed by atoms with Crippen molar-refractivity contribution in [3.05, 3.63) is 71.0 Å². The number of aromatic nitrogens is 2. The molecule has 0 radical (unpaired) electrons. The predicted molar refractivity (Wildman–Crippen MR) is 103 cm³/mol. The van der Waals surface area contributed by atoms with Gasteiger partial charge in [0, 0.05) is 14.8 Å². The van der Waals surface area contributed by atoms with Crippen LogP contribution in [0, 0.1) is 0 Å². The number of halogens is 5. The minimum atomic E-state index is -3.03. The van der Waals surface area contributed by atoms with Crippen LogP contribution in [0.25, 0.3) is 0 Å². The third kappa shape index (κ3) is 5.51. The van der Waals surface area contributed by atoms with E-state index in [0.29, 0.717) is 26.4 Å². The Labute approximate surface area is 172 Å². The first-order valence-corrected chi connectivity index (χ1v) is 9.49. The van der Waals surface area contributed by atoms with Gasteiger partial charge in [0.25, 0.3) is 12.9 Å². The lowest BCUT2D eigenvalue weighted by atomic mass is 10.3. The van der Waals surface area contributed by atoms with Gasteiger partial charge in [-0.25, -0.2) is 17.6 Å². The molecule has 2 aromatic carbocycles. The molecule has 1 aromatic heterocycles. The van der Waals surface area contributed by atoms with Crippen molar-refractivity contribution in [1.82, 2.24) is 9.78 Å². The van der Waals surface area contributed by atoms with Gasteiger partial charge in [0.15, 0.2) is 0 Å². The van der Waals surface area contributed by atoms with E-state index in [1.807, 2.05) is 12.1 Å². The fourth-order valence-corrected chi connectivity index (χ4v) is 3.50. The van der Waals surface area contributed by atoms with Crippen LogP contribution in [0.15, 0.2) is 64.4 Å². The molecule has 0 saturated carbocycles. The largest absolute Gasteiger partial charge is 0.323 e. The minimum Gasteiger partial charge on any atom is -0.323 e. The maximum atomic E-state index is 13.1. The van der Waals surface area contributed by atoms with E-state index in [-0.39, 0.29) is 0 Å². The molecule has 0 aliphatic rings. The molecule has 1 N–H and O–H groups in total. The van der Waals surface area contributed by atoms with Crippen molar-refractivity contribution in [2.45, 2.75) is 29.2 Å². The molecule has 3 aromatic rings. The normalized spacial score (nSPS) is 11.3. The molecular formula is C19H14ClF4N3OS. The maximum Gasteiger partial charge on any atom is 0.282 e. The first-order valence-electron chi connectivity index (χ1n) is 8.29. The van der Waals surface area contributed by atoms with Gasteiger partial charge in [0.05, 0.1) is 5.69 Å². The van der Waals surface area contributed by atoms with Gasteiger partial charge in [0.1, 0.15) is 17.9 Å². The average molecular weight is 444 g/mol. The number of alkyl halides is 4. The van der Waals surface area contributed by atoms with Gasteiger partial charge in [-0.15, -0.1) is 0 Å². The lowest BCUT2D eigenvalue weighted by Crippen LogP contribution is -2.21. The van der Waals surface area contributed by atoms with Gasteiger partial charge in [-0.05, 0) is 42.5 Å². The van der Waals surface area contributed by atoms with Crippen LogP contribution in [-0.2, 0) is 11.3 Å². The van der Waals surface area contributed by atoms with Crippen molar-refractivity contribution in [3.63, 3.8) is 0 Å². The first kappa shape index (κ1) is 21.2. The number of nitrogens with one attached hydrogen (secondary N) is 1. The van der Waals surface area contributed by atoms with Gasteiger partial charge < -0.3 is 5.32 Å². The van der Waals surface area contributed by atoms with Gasteiger partial charge in [-0.2, -0.15) is 5.10 Å². The van der Waals surface area contributed by atoms with Gasteiger partial charge in [0.2, 0.25) is 5.91 Å². The van der Waals surface area contributed by atoms with E-state index >= 15 is 0 Å². The SMILES string of the molecule is O=C(Cn1nc(C(F)F)cc1C(F)F)Nc1ccccc1Sc1ccc(Cl)cc1. The van der Waals surface area contributed by atoms with Gasteiger partial charge in [-0.1, -0.05) is 35.5 Å². The molecule has 10 heteroatoms. The second-order valence-electron chi connectivity index (χ2n) is 5.85. The van der Waals surface area contributed by atoms with E-state index in [9.17, 15) is 22.4 Å². The molecule has 0 saturated heterocycles. The van der Waals surface area contributed by atoms with Crippen LogP contribution >= 0.6 is 23.4 Å². The molecule has 4 nitrogen and oxygen atoms in total. The number of carbonyl (C=O) groups excluding carboxylic acids is 1. The molecule has 0 bridgehead atoms. The van der Waals surface area contributed by atoms with E-state index in [2.05, 4.69) is 10.4 Å². The zero-order valence-corrected chi connectivity index (χ0v) is 16.2. The number of amides is 1. The number of carbonyl (C=O) groups is 1. The van der Waals surface area contributed by atoms with Crippen molar-refractivity contribution in [3.8, 4) is 0 Å². The minimum absolute atomic E-state index is 0.456. The van der Waals surface area contributed by atoms with Crippen LogP contribution in [0.4, 0.5) is 23.2 Å². The Kier molecular flexibility index (Phi) is 6.81. The third-order valence-corrected chi connectivity index (χ3v) is 5.11. The summed E-state index contributed by atoms with van der Waals surface area (Å²) in [5.74, 6) is -0.667. The van der Waals surface area contributed by atoms with Crippen LogP contribution < -0.4 is 5.32 Å². The van der Waals surface area contributed by atoms with Gasteiger partial charge >= 0.3 is 0 Å². The van der Waals surface area contributed by atoms with E-state index in [1.165, 1.54) is 11.8 Å². The Balaban J connectivity index is 1.75. The molecule has 0 aliphatic carbocycles. The van der Waals surface area contributed by atoms with E-state index in [4.69, 9.17) is 11.6 Å². The van der Waals surface area contributed by atoms with Crippen molar-refractivity contribution < 1.29 is 22.4 Å². The molecule has 0 unspecified atom stereocenters. The summed E-state index contributed by atoms with van der Waals surface area (Å²) in [6, 6.07) is 14.6. The van der Waals surface area contributed by atoms with Crippen LogP contribution in [0.2, 0.25) is 5.02 Å². The molecule has 1 amide bonds. The molecular weight excluding hydrogens is 430 g/mol. The summed E-state index contributed by atoms with van der Waals surface area (Å²) in [6.45, 7) is -0.619. The molecule has 3 rings (SSSR count). The highest BCUT2D eigenvalue weighted by molar-refractivity contribution is 7.99. The second kappa shape index (κ2) is 9.32. The zero-order chi connectivity index (χ0) is 21.0. The Hall–Kier alpha value is -2.52. The number of nitrogens with zero attached hydrogens (tertiary/aromatic N) is 2. The van der Waals surface area contributed by atoms with Crippen molar-refractivity contribution in [2.24, 2.45) is 0 Å². The van der Waals surface area contributed by atoms with Crippen LogP contribution in [0.1, 0.15) is 24.2 Å². The Morgan fingerprint density at radius 3 is 2.41 bits per heavy atom. The lowest BCUT2D eigenvalue weighted by Gasteiger charge is -2.12. The van der Waals surface area contributed by atoms with Crippen LogP contribution in [0.3, 0.4) is 0 Å². The summed E-state index contributed by atoms with van der Waals surface area (Å²) in [5.41, 5.74) is -1.08. The fraction of sp³-hybridized carbons (Fsp3) is 0.158. The summed E-state index contributed by atoms with van der Waals surface area (Å²) >= 11 is 7.25. The molecule has 0 fully saturated rings. The molecule has 29 heavy (non-hydrogen) atoms. The molecule has 0 aliphatic heterocycles. The quantitative estimate of drug-likeness (QED) is 0.442. The number of para-hydroxylation sites is 1. The second-order valence-corrected chi connectivity index (χ2v) is 7.41. The number of hydrogen-bond donors (Lipinski definition) is 1. The number of benzene rings is 2. The van der Waals surface area contributed by atoms with E-state index in [0.717, 1.165) is 4.90 Å². The Bertz CT molecular complexity index is 995. The summed E-state index contributed by atoms with van der Waals surface area (Å²) in [5, 5.41) is 6.63. The number of hydrogen-bond acceptors (Lipinski definition) is 3. The van der Waals surface area contributed by atoms with Crippen molar-refractivity contribution >= 4 is 35.0 Å². The smallest absolute Gasteiger partial charge is 0.282 e. The van der Waals surface area contributed by atoms with Crippen molar-refractivity contribution in [2.75, 3.05) is 5.32 Å². The summed E-state index contributed by atoms with van der Waals surface area (Å²) in [4.78, 5) is 13.9. The predicted octanol–water partition coefficient (Wildman–Crippen LogP) is 6.20. The maximum absolute atomic E-state index is 13.1. The molecule has 1 heterocycles. The lowest BCUT2D eigenvalue weighted by molar-refractivity contribution is -0.117. The van der Waals surface area contributed by atoms with E-state index in [1.54, 1.807) is 36.4 Å². The highest BCUT2D eigenvalue weighted by atomic mass is 35.5. The molecule has 0 spiro atoms.